The second kappa shape index (κ2) is 9.05. The summed E-state index contributed by atoms with van der Waals surface area (Å²) in [7, 11) is -3.70. The van der Waals surface area contributed by atoms with Crippen molar-refractivity contribution in [3.63, 3.8) is 0 Å². The fourth-order valence-electron chi connectivity index (χ4n) is 1.56. The quantitative estimate of drug-likeness (QED) is 0.588. The van der Waals surface area contributed by atoms with Crippen molar-refractivity contribution in [2.45, 2.75) is 17.7 Å². The van der Waals surface area contributed by atoms with Crippen molar-refractivity contribution in [3.8, 4) is 11.8 Å². The van der Waals surface area contributed by atoms with E-state index in [4.69, 9.17) is 5.11 Å². The molecule has 0 heterocycles. The molecule has 1 aromatic carbocycles. The lowest BCUT2D eigenvalue weighted by molar-refractivity contribution is 0.350. The molecule has 0 atom stereocenters. The third-order valence-electron chi connectivity index (χ3n) is 2.62. The van der Waals surface area contributed by atoms with E-state index in [0.717, 1.165) is 24.7 Å². The normalized spacial score (nSPS) is 11.0. The highest BCUT2D eigenvalue weighted by atomic mass is 32.2. The van der Waals surface area contributed by atoms with Crippen LogP contribution in [0.25, 0.3) is 0 Å². The van der Waals surface area contributed by atoms with E-state index < -0.39 is 15.8 Å². The molecule has 21 heavy (non-hydrogen) atoms. The second-order valence-corrected chi connectivity index (χ2v) is 6.95. The van der Waals surface area contributed by atoms with Crippen LogP contribution in [0.15, 0.2) is 23.1 Å². The van der Waals surface area contributed by atoms with Crippen LogP contribution in [0.4, 0.5) is 4.39 Å². The maximum absolute atomic E-state index is 13.7. The molecule has 1 rings (SSSR count). The fourth-order valence-corrected chi connectivity index (χ4v) is 3.14. The van der Waals surface area contributed by atoms with Crippen LogP contribution in [-0.2, 0) is 10.0 Å². The molecule has 0 bridgehead atoms. The Balaban J connectivity index is 2.73. The highest BCUT2D eigenvalue weighted by Gasteiger charge is 2.15. The van der Waals surface area contributed by atoms with Gasteiger partial charge in [0, 0.05) is 6.54 Å². The summed E-state index contributed by atoms with van der Waals surface area (Å²) in [4.78, 5) is -0.126. The Labute approximate surface area is 129 Å². The van der Waals surface area contributed by atoms with Gasteiger partial charge in [-0.3, -0.25) is 0 Å². The summed E-state index contributed by atoms with van der Waals surface area (Å²) < 4.78 is 40.1. The van der Waals surface area contributed by atoms with Crippen molar-refractivity contribution in [3.05, 3.63) is 29.6 Å². The van der Waals surface area contributed by atoms with Gasteiger partial charge in [0.05, 0.1) is 10.5 Å². The molecule has 7 heteroatoms. The molecule has 116 valence electrons. The maximum atomic E-state index is 13.7. The Hall–Kier alpha value is -1.07. The summed E-state index contributed by atoms with van der Waals surface area (Å²) in [6, 6.07) is 3.53. The average molecular weight is 331 g/mol. The highest BCUT2D eigenvalue weighted by Crippen LogP contribution is 2.14. The van der Waals surface area contributed by atoms with Crippen LogP contribution in [0.2, 0.25) is 0 Å². The molecule has 0 aromatic heterocycles. The molecule has 0 aliphatic carbocycles. The van der Waals surface area contributed by atoms with Crippen molar-refractivity contribution in [1.82, 2.24) is 4.72 Å². The first-order valence-corrected chi connectivity index (χ1v) is 9.27. The van der Waals surface area contributed by atoms with E-state index in [-0.39, 0.29) is 17.1 Å². The summed E-state index contributed by atoms with van der Waals surface area (Å²) in [6.45, 7) is -0.0479. The van der Waals surface area contributed by atoms with Crippen LogP contribution >= 0.6 is 11.8 Å². The summed E-state index contributed by atoms with van der Waals surface area (Å²) in [5, 5.41) is 8.56. The van der Waals surface area contributed by atoms with E-state index >= 15 is 0 Å². The van der Waals surface area contributed by atoms with Crippen LogP contribution in [0.1, 0.15) is 18.4 Å². The first-order valence-electron chi connectivity index (χ1n) is 6.39. The number of aliphatic hydroxyl groups is 1. The van der Waals surface area contributed by atoms with Crippen LogP contribution in [0.5, 0.6) is 0 Å². The monoisotopic (exact) mass is 331 g/mol. The molecule has 2 N–H and O–H groups in total. The summed E-state index contributed by atoms with van der Waals surface area (Å²) in [5.41, 5.74) is 0.0583. The van der Waals surface area contributed by atoms with Crippen molar-refractivity contribution < 1.29 is 17.9 Å². The van der Waals surface area contributed by atoms with E-state index in [1.54, 1.807) is 11.8 Å². The Kier molecular flexibility index (Phi) is 7.75. The zero-order valence-electron chi connectivity index (χ0n) is 11.7. The van der Waals surface area contributed by atoms with Gasteiger partial charge in [-0.05, 0) is 43.0 Å². The number of hydrogen-bond donors (Lipinski definition) is 2. The summed E-state index contributed by atoms with van der Waals surface area (Å²) in [6.07, 6.45) is 3.66. The van der Waals surface area contributed by atoms with Gasteiger partial charge < -0.3 is 5.11 Å². The van der Waals surface area contributed by atoms with Gasteiger partial charge in [0.1, 0.15) is 12.4 Å². The van der Waals surface area contributed by atoms with Crippen LogP contribution in [-0.4, -0.2) is 38.7 Å². The van der Waals surface area contributed by atoms with Crippen LogP contribution in [0, 0.1) is 17.7 Å². The number of nitrogens with one attached hydrogen (secondary N) is 1. The Morgan fingerprint density at radius 2 is 2.14 bits per heavy atom. The summed E-state index contributed by atoms with van der Waals surface area (Å²) in [5.74, 6) is 4.99. The minimum Gasteiger partial charge on any atom is -0.384 e. The number of benzene rings is 1. The molecule has 0 amide bonds. The van der Waals surface area contributed by atoms with Gasteiger partial charge in [-0.15, -0.1) is 0 Å². The largest absolute Gasteiger partial charge is 0.384 e. The molecule has 0 fully saturated rings. The van der Waals surface area contributed by atoms with Gasteiger partial charge in [0.25, 0.3) is 0 Å². The predicted octanol–water partition coefficient (Wildman–Crippen LogP) is 1.59. The zero-order valence-corrected chi connectivity index (χ0v) is 13.4. The smallest absolute Gasteiger partial charge is 0.240 e. The minimum atomic E-state index is -3.70. The lowest BCUT2D eigenvalue weighted by Gasteiger charge is -2.07. The first kappa shape index (κ1) is 18.0. The molecule has 0 saturated heterocycles. The second-order valence-electron chi connectivity index (χ2n) is 4.20. The molecule has 0 spiro atoms. The van der Waals surface area contributed by atoms with Gasteiger partial charge >= 0.3 is 0 Å². The standard InChI is InChI=1S/C14H18FNO3S2/c1-20-10-3-2-8-16-21(18,19)13-7-6-12(5-4-9-17)14(15)11-13/h6-7,11,16-17H,2-3,8-10H2,1H3. The van der Waals surface area contributed by atoms with Gasteiger partial charge in [-0.25, -0.2) is 17.5 Å². The number of halogens is 1. The van der Waals surface area contributed by atoms with E-state index in [0.29, 0.717) is 6.54 Å². The fraction of sp³-hybridized carbons (Fsp3) is 0.429. The molecular weight excluding hydrogens is 313 g/mol. The maximum Gasteiger partial charge on any atom is 0.240 e. The average Bonchev–Trinajstić information content (AvgIpc) is 2.45. The first-order chi connectivity index (χ1) is 10.0. The number of aliphatic hydroxyl groups excluding tert-OH is 1. The van der Waals surface area contributed by atoms with Crippen molar-refractivity contribution in [2.24, 2.45) is 0 Å². The molecular formula is C14H18FNO3S2. The number of thioether (sulfide) groups is 1. The minimum absolute atomic E-state index is 0.0583. The van der Waals surface area contributed by atoms with Crippen molar-refractivity contribution >= 4 is 21.8 Å². The SMILES string of the molecule is CSCCCCNS(=O)(=O)c1ccc(C#CCO)c(F)c1. The van der Waals surface area contributed by atoms with E-state index in [2.05, 4.69) is 16.6 Å². The zero-order chi connectivity index (χ0) is 15.7. The number of unbranched alkanes of at least 4 members (excludes halogenated alkanes) is 1. The number of rotatable bonds is 7. The van der Waals surface area contributed by atoms with Crippen molar-refractivity contribution in [2.75, 3.05) is 25.2 Å². The number of sulfonamides is 1. The summed E-state index contributed by atoms with van der Waals surface area (Å²) >= 11 is 1.71. The van der Waals surface area contributed by atoms with E-state index in [1.807, 2.05) is 6.26 Å². The third kappa shape index (κ3) is 6.06. The molecule has 0 radical (unpaired) electrons. The molecule has 0 aliphatic heterocycles. The molecule has 0 saturated carbocycles. The lowest BCUT2D eigenvalue weighted by Crippen LogP contribution is -2.25. The molecule has 1 aromatic rings. The van der Waals surface area contributed by atoms with Crippen LogP contribution in [0.3, 0.4) is 0 Å². The van der Waals surface area contributed by atoms with Crippen molar-refractivity contribution in [1.29, 1.82) is 0 Å². The van der Waals surface area contributed by atoms with E-state index in [1.165, 1.54) is 12.1 Å². The Morgan fingerprint density at radius 3 is 2.76 bits per heavy atom. The Morgan fingerprint density at radius 1 is 1.38 bits per heavy atom. The molecule has 4 nitrogen and oxygen atoms in total. The van der Waals surface area contributed by atoms with Gasteiger partial charge in [0.15, 0.2) is 0 Å². The topological polar surface area (TPSA) is 66.4 Å². The van der Waals surface area contributed by atoms with E-state index in [9.17, 15) is 12.8 Å². The van der Waals surface area contributed by atoms with Gasteiger partial charge in [-0.2, -0.15) is 11.8 Å². The lowest BCUT2D eigenvalue weighted by atomic mass is 10.2. The number of hydrogen-bond acceptors (Lipinski definition) is 4. The Bertz CT molecular complexity index is 621. The highest BCUT2D eigenvalue weighted by molar-refractivity contribution is 7.98. The molecule has 0 aliphatic rings. The predicted molar refractivity (Wildman–Crippen MR) is 83.2 cm³/mol. The van der Waals surface area contributed by atoms with Gasteiger partial charge in [0.2, 0.25) is 10.0 Å². The third-order valence-corrected chi connectivity index (χ3v) is 4.78. The molecule has 0 unspecified atom stereocenters. The van der Waals surface area contributed by atoms with Gasteiger partial charge in [-0.1, -0.05) is 11.8 Å². The van der Waals surface area contributed by atoms with Crippen LogP contribution < -0.4 is 4.72 Å².